The molecule has 202 valence electrons. The second-order valence-electron chi connectivity index (χ2n) is 11.2. The molecule has 7 heteroatoms. The van der Waals surface area contributed by atoms with Crippen LogP contribution < -0.4 is 4.74 Å². The maximum absolute atomic E-state index is 12.9. The lowest BCUT2D eigenvalue weighted by Crippen LogP contribution is -2.65. The summed E-state index contributed by atoms with van der Waals surface area (Å²) in [7, 11) is 2.19. The van der Waals surface area contributed by atoms with Crippen molar-refractivity contribution in [2.75, 3.05) is 20.2 Å². The summed E-state index contributed by atoms with van der Waals surface area (Å²) >= 11 is -1.90. The standard InChI is InChI=1S/C32H33NO5S/c1-33-18-17-32-25-14-16-28(31(32)37-30-27(34)15-13-24(29(30)32)20-26(25)33)38-39(35)36-19-5-6-21-9-11-23(12-10-21)22-7-3-2-4-8-22/h2-4,7-16,25-26,28,31,34H,5-6,17-20H2,1H3. The molecule has 7 rings (SSSR count). The molecule has 0 aromatic heterocycles. The third-order valence-electron chi connectivity index (χ3n) is 9.17. The van der Waals surface area contributed by atoms with Gasteiger partial charge in [-0.15, -0.1) is 0 Å². The van der Waals surface area contributed by atoms with Crippen molar-refractivity contribution in [1.82, 2.24) is 4.90 Å². The fourth-order valence-electron chi connectivity index (χ4n) is 7.32. The van der Waals surface area contributed by atoms with Crippen LogP contribution in [0.4, 0.5) is 0 Å². The highest BCUT2D eigenvalue weighted by Crippen LogP contribution is 2.62. The Morgan fingerprint density at radius 2 is 1.85 bits per heavy atom. The van der Waals surface area contributed by atoms with Crippen molar-refractivity contribution in [3.05, 3.63) is 95.6 Å². The summed E-state index contributed by atoms with van der Waals surface area (Å²) < 4.78 is 30.9. The third kappa shape index (κ3) is 4.14. The van der Waals surface area contributed by atoms with Gasteiger partial charge in [0.25, 0.3) is 0 Å². The van der Waals surface area contributed by atoms with E-state index in [1.807, 2.05) is 30.3 Å². The largest absolute Gasteiger partial charge is 0.504 e. The van der Waals surface area contributed by atoms with E-state index in [0.717, 1.165) is 37.8 Å². The van der Waals surface area contributed by atoms with Gasteiger partial charge in [-0.25, -0.2) is 0 Å². The number of phenolic OH excluding ortho intramolecular Hbond substituents is 1. The number of rotatable bonds is 8. The molecule has 3 aromatic rings. The molecule has 0 amide bonds. The molecule has 1 spiro atoms. The van der Waals surface area contributed by atoms with Crippen molar-refractivity contribution in [2.24, 2.45) is 5.92 Å². The Hall–Kier alpha value is -2.97. The van der Waals surface area contributed by atoms with Gasteiger partial charge in [0.15, 0.2) is 11.5 Å². The van der Waals surface area contributed by atoms with Gasteiger partial charge in [-0.1, -0.05) is 72.8 Å². The van der Waals surface area contributed by atoms with Crippen molar-refractivity contribution in [3.8, 4) is 22.6 Å². The van der Waals surface area contributed by atoms with Crippen LogP contribution >= 0.6 is 0 Å². The smallest absolute Gasteiger partial charge is 0.305 e. The van der Waals surface area contributed by atoms with Crippen LogP contribution in [-0.4, -0.2) is 52.7 Å². The fourth-order valence-corrected chi connectivity index (χ4v) is 7.97. The zero-order chi connectivity index (χ0) is 26.6. The van der Waals surface area contributed by atoms with Crippen LogP contribution in [-0.2, 0) is 38.0 Å². The SMILES string of the molecule is CN1CCC23c4c5ccc(O)c4OC2C(OS(=O)OCCCc2ccc(-c4ccccc4)cc2)C=CC3C1C5. The number of aromatic hydroxyl groups is 1. The van der Waals surface area contributed by atoms with Gasteiger partial charge in [-0.05, 0) is 67.6 Å². The van der Waals surface area contributed by atoms with E-state index in [9.17, 15) is 9.32 Å². The second kappa shape index (κ2) is 9.89. The Morgan fingerprint density at radius 3 is 2.67 bits per heavy atom. The summed E-state index contributed by atoms with van der Waals surface area (Å²) in [5.41, 5.74) is 5.69. The first kappa shape index (κ1) is 25.0. The predicted octanol–water partition coefficient (Wildman–Crippen LogP) is 5.12. The first-order valence-corrected chi connectivity index (χ1v) is 14.8. The average molecular weight is 544 g/mol. The highest BCUT2D eigenvalue weighted by atomic mass is 32.2. The topological polar surface area (TPSA) is 68.2 Å². The van der Waals surface area contributed by atoms with Gasteiger partial charge >= 0.3 is 11.4 Å². The molecule has 3 aromatic carbocycles. The first-order valence-electron chi connectivity index (χ1n) is 13.8. The molecular formula is C32H33NO5S. The van der Waals surface area contributed by atoms with Crippen molar-refractivity contribution in [2.45, 2.75) is 49.3 Å². The van der Waals surface area contributed by atoms with Crippen LogP contribution in [0.2, 0.25) is 0 Å². The van der Waals surface area contributed by atoms with Crippen LogP contribution in [0.1, 0.15) is 29.5 Å². The van der Waals surface area contributed by atoms with Crippen molar-refractivity contribution < 1.29 is 22.4 Å². The molecule has 0 radical (unpaired) electrons. The number of phenols is 1. The lowest BCUT2D eigenvalue weighted by Gasteiger charge is -2.56. The van der Waals surface area contributed by atoms with Crippen LogP contribution in [0.3, 0.4) is 0 Å². The second-order valence-corrected chi connectivity index (χ2v) is 12.0. The summed E-state index contributed by atoms with van der Waals surface area (Å²) in [5.74, 6) is 1.01. The maximum atomic E-state index is 12.9. The Kier molecular flexibility index (Phi) is 6.35. The number of hydrogen-bond acceptors (Lipinski definition) is 6. The number of ether oxygens (including phenoxy) is 1. The molecule has 0 saturated carbocycles. The van der Waals surface area contributed by atoms with Crippen molar-refractivity contribution >= 4 is 11.4 Å². The van der Waals surface area contributed by atoms with E-state index in [-0.39, 0.29) is 23.2 Å². The van der Waals surface area contributed by atoms with Crippen LogP contribution in [0.15, 0.2) is 78.9 Å². The van der Waals surface area contributed by atoms with Crippen molar-refractivity contribution in [3.63, 3.8) is 0 Å². The summed E-state index contributed by atoms with van der Waals surface area (Å²) in [6.07, 6.45) is 6.76. The number of likely N-dealkylation sites (tertiary alicyclic amines) is 1. The normalized spacial score (nSPS) is 29.1. The number of nitrogens with zero attached hydrogens (tertiary/aromatic N) is 1. The number of hydrogen-bond donors (Lipinski definition) is 1. The Bertz CT molecular complexity index is 1420. The molecule has 4 aliphatic rings. The maximum Gasteiger partial charge on any atom is 0.305 e. The predicted molar refractivity (Wildman–Crippen MR) is 151 cm³/mol. The molecule has 2 aliphatic carbocycles. The molecule has 2 heterocycles. The summed E-state index contributed by atoms with van der Waals surface area (Å²) in [6.45, 7) is 1.28. The van der Waals surface area contributed by atoms with Crippen LogP contribution in [0.5, 0.6) is 11.5 Å². The minimum atomic E-state index is -1.90. The zero-order valence-corrected chi connectivity index (χ0v) is 22.8. The van der Waals surface area contributed by atoms with E-state index >= 15 is 0 Å². The van der Waals surface area contributed by atoms with Gasteiger partial charge in [0, 0.05) is 22.9 Å². The lowest BCUT2D eigenvalue weighted by molar-refractivity contribution is -0.0378. The lowest BCUT2D eigenvalue weighted by atomic mass is 9.53. The van der Waals surface area contributed by atoms with E-state index in [1.165, 1.54) is 22.3 Å². The Balaban J connectivity index is 0.994. The zero-order valence-electron chi connectivity index (χ0n) is 22.0. The molecule has 1 saturated heterocycles. The van der Waals surface area contributed by atoms with E-state index in [0.29, 0.717) is 18.4 Å². The third-order valence-corrected chi connectivity index (χ3v) is 9.91. The van der Waals surface area contributed by atoms with E-state index in [2.05, 4.69) is 54.4 Å². The molecule has 1 N–H and O–H groups in total. The number of aryl methyl sites for hydroxylation is 1. The number of piperidine rings is 1. The van der Waals surface area contributed by atoms with Gasteiger partial charge in [-0.3, -0.25) is 8.37 Å². The minimum absolute atomic E-state index is 0.168. The molecule has 2 bridgehead atoms. The van der Waals surface area contributed by atoms with Gasteiger partial charge in [0.05, 0.1) is 6.61 Å². The minimum Gasteiger partial charge on any atom is -0.504 e. The summed E-state index contributed by atoms with van der Waals surface area (Å²) in [4.78, 5) is 2.43. The molecule has 2 aliphatic heterocycles. The quantitative estimate of drug-likeness (QED) is 0.314. The molecule has 6 unspecified atom stereocenters. The monoisotopic (exact) mass is 543 g/mol. The highest BCUT2D eigenvalue weighted by Gasteiger charge is 2.64. The number of likely N-dealkylation sites (N-methyl/N-ethyl adjacent to an activating group) is 1. The first-order chi connectivity index (χ1) is 19.0. The van der Waals surface area contributed by atoms with Crippen LogP contribution in [0, 0.1) is 5.92 Å². The van der Waals surface area contributed by atoms with Gasteiger partial charge in [-0.2, -0.15) is 4.21 Å². The Morgan fingerprint density at radius 1 is 1.05 bits per heavy atom. The highest BCUT2D eigenvalue weighted by molar-refractivity contribution is 7.75. The van der Waals surface area contributed by atoms with Crippen molar-refractivity contribution in [1.29, 1.82) is 0 Å². The summed E-state index contributed by atoms with van der Waals surface area (Å²) in [6, 6.07) is 23.0. The average Bonchev–Trinajstić information content (AvgIpc) is 3.32. The fraction of sp³-hybridized carbons (Fsp3) is 0.375. The van der Waals surface area contributed by atoms with E-state index < -0.39 is 17.5 Å². The van der Waals surface area contributed by atoms with Gasteiger partial charge in [0.1, 0.15) is 12.2 Å². The van der Waals surface area contributed by atoms with Gasteiger partial charge in [0.2, 0.25) is 0 Å². The molecule has 6 nitrogen and oxygen atoms in total. The van der Waals surface area contributed by atoms with Gasteiger partial charge < -0.3 is 14.7 Å². The molecule has 39 heavy (non-hydrogen) atoms. The van der Waals surface area contributed by atoms with E-state index in [4.69, 9.17) is 13.1 Å². The summed E-state index contributed by atoms with van der Waals surface area (Å²) in [5, 5.41) is 10.7. The number of benzene rings is 3. The Labute approximate surface area is 232 Å². The van der Waals surface area contributed by atoms with Crippen LogP contribution in [0.25, 0.3) is 11.1 Å². The molecular weight excluding hydrogens is 510 g/mol. The molecule has 1 fully saturated rings. The molecule has 6 atom stereocenters. The van der Waals surface area contributed by atoms with E-state index in [1.54, 1.807) is 6.07 Å².